The van der Waals surface area contributed by atoms with Crippen LogP contribution < -0.4 is 5.32 Å². The number of nitrogens with zero attached hydrogens (tertiary/aromatic N) is 2. The molecule has 0 saturated heterocycles. The first-order valence-electron chi connectivity index (χ1n) is 7.44. The second kappa shape index (κ2) is 6.02. The van der Waals surface area contributed by atoms with Gasteiger partial charge in [-0.25, -0.2) is 9.97 Å². The summed E-state index contributed by atoms with van der Waals surface area (Å²) in [5.74, 6) is 0.887. The molecule has 0 saturated carbocycles. The van der Waals surface area contributed by atoms with Crippen LogP contribution in [0.1, 0.15) is 48.4 Å². The molecule has 106 valence electrons. The fourth-order valence-corrected chi connectivity index (χ4v) is 3.56. The van der Waals surface area contributed by atoms with Gasteiger partial charge in [0.1, 0.15) is 0 Å². The lowest BCUT2D eigenvalue weighted by molar-refractivity contribution is 0.454. The van der Waals surface area contributed by atoms with Crippen molar-refractivity contribution in [3.63, 3.8) is 0 Å². The molecule has 1 atom stereocenters. The fraction of sp³-hybridized carbons (Fsp3) is 0.500. The van der Waals surface area contributed by atoms with Crippen molar-refractivity contribution in [1.29, 1.82) is 0 Å². The van der Waals surface area contributed by atoms with E-state index in [9.17, 15) is 0 Å². The van der Waals surface area contributed by atoms with Gasteiger partial charge in [-0.05, 0) is 51.3 Å². The predicted octanol–water partition coefficient (Wildman–Crippen LogP) is 3.89. The minimum Gasteiger partial charge on any atom is -0.310 e. The van der Waals surface area contributed by atoms with Gasteiger partial charge < -0.3 is 5.32 Å². The average molecular weight is 287 g/mol. The third kappa shape index (κ3) is 2.76. The van der Waals surface area contributed by atoms with Crippen LogP contribution >= 0.6 is 11.3 Å². The molecule has 0 amide bonds. The van der Waals surface area contributed by atoms with Crippen LogP contribution in [-0.2, 0) is 6.42 Å². The van der Waals surface area contributed by atoms with E-state index in [2.05, 4.69) is 36.3 Å². The lowest BCUT2D eigenvalue weighted by Gasteiger charge is -2.25. The Bertz CT molecular complexity index is 591. The minimum atomic E-state index is 0.442. The normalized spacial score (nSPS) is 18.0. The van der Waals surface area contributed by atoms with Crippen molar-refractivity contribution in [3.8, 4) is 10.7 Å². The van der Waals surface area contributed by atoms with Gasteiger partial charge in [0.15, 0.2) is 5.82 Å². The highest BCUT2D eigenvalue weighted by atomic mass is 32.1. The van der Waals surface area contributed by atoms with E-state index in [0.29, 0.717) is 6.04 Å². The zero-order chi connectivity index (χ0) is 13.9. The highest BCUT2D eigenvalue weighted by Gasteiger charge is 2.22. The Hall–Kier alpha value is -1.26. The fourth-order valence-electron chi connectivity index (χ4n) is 2.75. The van der Waals surface area contributed by atoms with Crippen LogP contribution in [0, 0.1) is 6.92 Å². The Morgan fingerprint density at radius 3 is 3.05 bits per heavy atom. The zero-order valence-corrected chi connectivity index (χ0v) is 13.0. The lowest BCUT2D eigenvalue weighted by atomic mass is 9.92. The number of hydrogen-bond donors (Lipinski definition) is 1. The van der Waals surface area contributed by atoms with Crippen LogP contribution in [0.4, 0.5) is 0 Å². The number of aromatic nitrogens is 2. The Labute approximate surface area is 124 Å². The molecular formula is C16H21N3S. The first kappa shape index (κ1) is 13.7. The van der Waals surface area contributed by atoms with Gasteiger partial charge in [-0.3, -0.25) is 0 Å². The summed E-state index contributed by atoms with van der Waals surface area (Å²) in [6.45, 7) is 5.39. The molecule has 0 radical (unpaired) electrons. The van der Waals surface area contributed by atoms with Crippen molar-refractivity contribution < 1.29 is 0 Å². The van der Waals surface area contributed by atoms with E-state index in [1.807, 2.05) is 6.20 Å². The number of nitrogens with one attached hydrogen (secondary N) is 1. The molecule has 3 nitrogen and oxygen atoms in total. The first-order valence-corrected chi connectivity index (χ1v) is 8.25. The molecule has 20 heavy (non-hydrogen) atoms. The minimum absolute atomic E-state index is 0.442. The van der Waals surface area contributed by atoms with E-state index in [4.69, 9.17) is 4.98 Å². The number of rotatable bonds is 4. The van der Waals surface area contributed by atoms with Gasteiger partial charge in [0.2, 0.25) is 0 Å². The summed E-state index contributed by atoms with van der Waals surface area (Å²) in [5, 5.41) is 3.61. The Balaban J connectivity index is 1.88. The van der Waals surface area contributed by atoms with E-state index < -0.39 is 0 Å². The molecule has 0 aliphatic heterocycles. The van der Waals surface area contributed by atoms with Crippen LogP contribution in [0.3, 0.4) is 0 Å². The van der Waals surface area contributed by atoms with Gasteiger partial charge in [0, 0.05) is 28.4 Å². The summed E-state index contributed by atoms with van der Waals surface area (Å²) in [7, 11) is 0. The SMILES string of the molecule is CCCNC1CCCc2nc(-c3ccc(C)s3)ncc21. The zero-order valence-electron chi connectivity index (χ0n) is 12.1. The molecule has 0 aromatic carbocycles. The second-order valence-corrected chi connectivity index (χ2v) is 6.69. The van der Waals surface area contributed by atoms with Gasteiger partial charge in [0.05, 0.1) is 4.88 Å². The maximum Gasteiger partial charge on any atom is 0.169 e. The van der Waals surface area contributed by atoms with Crippen molar-refractivity contribution in [2.45, 2.75) is 45.6 Å². The van der Waals surface area contributed by atoms with Gasteiger partial charge in [-0.15, -0.1) is 11.3 Å². The molecule has 0 fully saturated rings. The number of hydrogen-bond acceptors (Lipinski definition) is 4. The number of thiophene rings is 1. The van der Waals surface area contributed by atoms with Gasteiger partial charge in [-0.1, -0.05) is 6.92 Å². The van der Waals surface area contributed by atoms with E-state index >= 15 is 0 Å². The molecule has 4 heteroatoms. The standard InChI is InChI=1S/C16H21N3S/c1-3-9-17-13-5-4-6-14-12(13)10-18-16(19-14)15-8-7-11(2)20-15/h7-8,10,13,17H,3-6,9H2,1-2H3. The van der Waals surface area contributed by atoms with Gasteiger partial charge in [-0.2, -0.15) is 0 Å². The molecule has 2 heterocycles. The van der Waals surface area contributed by atoms with Crippen molar-refractivity contribution in [2.75, 3.05) is 6.54 Å². The third-order valence-electron chi connectivity index (χ3n) is 3.78. The lowest BCUT2D eigenvalue weighted by Crippen LogP contribution is -2.26. The highest BCUT2D eigenvalue weighted by molar-refractivity contribution is 7.15. The predicted molar refractivity (Wildman–Crippen MR) is 84.1 cm³/mol. The molecule has 1 unspecified atom stereocenters. The van der Waals surface area contributed by atoms with Crippen LogP contribution in [-0.4, -0.2) is 16.5 Å². The molecule has 3 rings (SSSR count). The summed E-state index contributed by atoms with van der Waals surface area (Å²) < 4.78 is 0. The maximum absolute atomic E-state index is 4.81. The molecule has 1 aliphatic carbocycles. The van der Waals surface area contributed by atoms with Gasteiger partial charge >= 0.3 is 0 Å². The van der Waals surface area contributed by atoms with Crippen LogP contribution in [0.25, 0.3) is 10.7 Å². The van der Waals surface area contributed by atoms with E-state index in [1.54, 1.807) is 11.3 Å². The molecule has 2 aromatic heterocycles. The summed E-state index contributed by atoms with van der Waals surface area (Å²) >= 11 is 1.77. The number of fused-ring (bicyclic) bond motifs is 1. The summed E-state index contributed by atoms with van der Waals surface area (Å²) in [5.41, 5.74) is 2.54. The molecule has 2 aromatic rings. The van der Waals surface area contributed by atoms with Crippen molar-refractivity contribution in [1.82, 2.24) is 15.3 Å². The van der Waals surface area contributed by atoms with E-state index in [1.165, 1.54) is 40.3 Å². The highest BCUT2D eigenvalue weighted by Crippen LogP contribution is 2.31. The Kier molecular flexibility index (Phi) is 4.13. The molecule has 0 spiro atoms. The summed E-state index contributed by atoms with van der Waals surface area (Å²) in [4.78, 5) is 11.9. The molecule has 0 bridgehead atoms. The van der Waals surface area contributed by atoms with Gasteiger partial charge in [0.25, 0.3) is 0 Å². The molecule has 1 N–H and O–H groups in total. The van der Waals surface area contributed by atoms with Crippen molar-refractivity contribution >= 4 is 11.3 Å². The average Bonchev–Trinajstić information content (AvgIpc) is 2.91. The quantitative estimate of drug-likeness (QED) is 0.927. The van der Waals surface area contributed by atoms with E-state index in [0.717, 1.165) is 18.8 Å². The molecule has 1 aliphatic rings. The monoisotopic (exact) mass is 287 g/mol. The summed E-state index contributed by atoms with van der Waals surface area (Å²) in [6.07, 6.45) is 6.71. The third-order valence-corrected chi connectivity index (χ3v) is 4.78. The Morgan fingerprint density at radius 2 is 2.30 bits per heavy atom. The topological polar surface area (TPSA) is 37.8 Å². The smallest absolute Gasteiger partial charge is 0.169 e. The number of aryl methyl sites for hydroxylation is 2. The summed E-state index contributed by atoms with van der Waals surface area (Å²) in [6, 6.07) is 4.70. The first-order chi connectivity index (χ1) is 9.78. The van der Waals surface area contributed by atoms with Crippen molar-refractivity contribution in [3.05, 3.63) is 34.5 Å². The molecular weight excluding hydrogens is 266 g/mol. The van der Waals surface area contributed by atoms with Crippen LogP contribution in [0.2, 0.25) is 0 Å². The second-order valence-electron chi connectivity index (χ2n) is 5.40. The largest absolute Gasteiger partial charge is 0.310 e. The maximum atomic E-state index is 4.81. The van der Waals surface area contributed by atoms with Crippen LogP contribution in [0.15, 0.2) is 18.3 Å². The van der Waals surface area contributed by atoms with Crippen molar-refractivity contribution in [2.24, 2.45) is 0 Å². The van der Waals surface area contributed by atoms with Crippen LogP contribution in [0.5, 0.6) is 0 Å². The Morgan fingerprint density at radius 1 is 1.40 bits per heavy atom. The van der Waals surface area contributed by atoms with E-state index in [-0.39, 0.29) is 0 Å².